The van der Waals surface area contributed by atoms with Crippen LogP contribution in [-0.4, -0.2) is 23.7 Å². The van der Waals surface area contributed by atoms with E-state index < -0.39 is 5.97 Å². The van der Waals surface area contributed by atoms with Gasteiger partial charge in [-0.2, -0.15) is 0 Å². The van der Waals surface area contributed by atoms with E-state index in [2.05, 4.69) is 26.6 Å². The number of benzene rings is 1. The maximum atomic E-state index is 11.6. The molecule has 2 amide bonds. The molecule has 19 heavy (non-hydrogen) atoms. The third-order valence-corrected chi connectivity index (χ3v) is 3.41. The number of aliphatic carboxylic acids is 1. The van der Waals surface area contributed by atoms with Crippen LogP contribution in [0.15, 0.2) is 22.7 Å². The molecule has 0 aliphatic carbocycles. The van der Waals surface area contributed by atoms with Gasteiger partial charge in [0.2, 0.25) is 0 Å². The van der Waals surface area contributed by atoms with Crippen molar-refractivity contribution < 1.29 is 14.7 Å². The van der Waals surface area contributed by atoms with Crippen molar-refractivity contribution in [3.05, 3.63) is 28.2 Å². The Morgan fingerprint density at radius 3 is 2.68 bits per heavy atom. The highest BCUT2D eigenvalue weighted by Gasteiger charge is 2.03. The van der Waals surface area contributed by atoms with Crippen molar-refractivity contribution in [1.29, 1.82) is 0 Å². The molecule has 0 unspecified atom stereocenters. The molecule has 0 aromatic heterocycles. The molecule has 1 rings (SSSR count). The van der Waals surface area contributed by atoms with Crippen LogP contribution in [0.2, 0.25) is 0 Å². The summed E-state index contributed by atoms with van der Waals surface area (Å²) in [7, 11) is 0. The predicted molar refractivity (Wildman–Crippen MR) is 77.4 cm³/mol. The Hall–Kier alpha value is -1.56. The number of unbranched alkanes of at least 4 members (excludes halogenated alkanes) is 1. The molecular weight excluding hydrogens is 312 g/mol. The van der Waals surface area contributed by atoms with Crippen LogP contribution >= 0.6 is 15.9 Å². The first-order chi connectivity index (χ1) is 8.99. The number of carboxylic acid groups (broad SMARTS) is 1. The standard InChI is InChI=1S/C13H17BrN2O3/c1-9-8-10(5-6-11(9)14)16-13(19)15-7-3-2-4-12(17)18/h5-6,8H,2-4,7H2,1H3,(H,17,18)(H2,15,16,19). The summed E-state index contributed by atoms with van der Waals surface area (Å²) in [5, 5.41) is 13.9. The smallest absolute Gasteiger partial charge is 0.319 e. The van der Waals surface area contributed by atoms with Crippen LogP contribution < -0.4 is 10.6 Å². The van der Waals surface area contributed by atoms with Crippen LogP contribution in [0.4, 0.5) is 10.5 Å². The normalized spacial score (nSPS) is 10.0. The number of anilines is 1. The molecule has 0 heterocycles. The van der Waals surface area contributed by atoms with E-state index in [1.165, 1.54) is 0 Å². The number of urea groups is 1. The molecule has 0 saturated heterocycles. The maximum Gasteiger partial charge on any atom is 0.319 e. The zero-order valence-corrected chi connectivity index (χ0v) is 12.3. The minimum atomic E-state index is -0.810. The Morgan fingerprint density at radius 1 is 1.32 bits per heavy atom. The summed E-state index contributed by atoms with van der Waals surface area (Å²) in [5.41, 5.74) is 1.77. The molecule has 1 aromatic rings. The molecule has 0 atom stereocenters. The number of nitrogens with one attached hydrogen (secondary N) is 2. The largest absolute Gasteiger partial charge is 0.481 e. The number of carbonyl (C=O) groups is 2. The number of hydrogen-bond acceptors (Lipinski definition) is 2. The molecule has 0 aliphatic heterocycles. The first-order valence-corrected chi connectivity index (χ1v) is 6.81. The monoisotopic (exact) mass is 328 g/mol. The van der Waals surface area contributed by atoms with E-state index in [4.69, 9.17) is 5.11 Å². The third kappa shape index (κ3) is 6.24. The second-order valence-electron chi connectivity index (χ2n) is 4.20. The van der Waals surface area contributed by atoms with Gasteiger partial charge >= 0.3 is 12.0 Å². The minimum absolute atomic E-state index is 0.134. The molecule has 0 radical (unpaired) electrons. The number of halogens is 1. The highest BCUT2D eigenvalue weighted by molar-refractivity contribution is 9.10. The number of aryl methyl sites for hydroxylation is 1. The van der Waals surface area contributed by atoms with E-state index in [1.54, 1.807) is 6.07 Å². The van der Waals surface area contributed by atoms with Crippen LogP contribution in [0, 0.1) is 6.92 Å². The van der Waals surface area contributed by atoms with Gasteiger partial charge in [0, 0.05) is 23.1 Å². The first-order valence-electron chi connectivity index (χ1n) is 6.02. The Kier molecular flexibility index (Phi) is 6.35. The van der Waals surface area contributed by atoms with Crippen molar-refractivity contribution in [2.24, 2.45) is 0 Å². The summed E-state index contributed by atoms with van der Waals surface area (Å²) in [6.45, 7) is 2.41. The Labute approximate surface area is 120 Å². The van der Waals surface area contributed by atoms with Gasteiger partial charge < -0.3 is 15.7 Å². The van der Waals surface area contributed by atoms with Gasteiger partial charge in [0.25, 0.3) is 0 Å². The zero-order valence-electron chi connectivity index (χ0n) is 10.7. The third-order valence-electron chi connectivity index (χ3n) is 2.52. The Bertz CT molecular complexity index is 463. The van der Waals surface area contributed by atoms with Crippen LogP contribution in [0.5, 0.6) is 0 Å². The zero-order chi connectivity index (χ0) is 14.3. The molecule has 0 spiro atoms. The van der Waals surface area contributed by atoms with Crippen LogP contribution in [-0.2, 0) is 4.79 Å². The van der Waals surface area contributed by atoms with Crippen LogP contribution in [0.1, 0.15) is 24.8 Å². The van der Waals surface area contributed by atoms with E-state index >= 15 is 0 Å². The minimum Gasteiger partial charge on any atom is -0.481 e. The predicted octanol–water partition coefficient (Wildman–Crippen LogP) is 3.13. The molecule has 104 valence electrons. The molecule has 0 fully saturated rings. The fourth-order valence-electron chi connectivity index (χ4n) is 1.50. The van der Waals surface area contributed by atoms with Crippen molar-refractivity contribution in [3.8, 4) is 0 Å². The lowest BCUT2D eigenvalue weighted by Crippen LogP contribution is -2.29. The lowest BCUT2D eigenvalue weighted by molar-refractivity contribution is -0.137. The molecule has 0 aliphatic rings. The van der Waals surface area contributed by atoms with Crippen molar-refractivity contribution >= 4 is 33.6 Å². The number of carboxylic acids is 1. The summed E-state index contributed by atoms with van der Waals surface area (Å²) in [5.74, 6) is -0.810. The topological polar surface area (TPSA) is 78.4 Å². The second kappa shape index (κ2) is 7.78. The van der Waals surface area contributed by atoms with E-state index in [0.29, 0.717) is 19.4 Å². The highest BCUT2D eigenvalue weighted by atomic mass is 79.9. The summed E-state index contributed by atoms with van der Waals surface area (Å²) in [6, 6.07) is 5.27. The Balaban J connectivity index is 2.27. The molecular formula is C13H17BrN2O3. The van der Waals surface area contributed by atoms with Crippen LogP contribution in [0.25, 0.3) is 0 Å². The fourth-order valence-corrected chi connectivity index (χ4v) is 1.75. The quantitative estimate of drug-likeness (QED) is 0.702. The van der Waals surface area contributed by atoms with Crippen molar-refractivity contribution in [3.63, 3.8) is 0 Å². The SMILES string of the molecule is Cc1cc(NC(=O)NCCCCC(=O)O)ccc1Br. The second-order valence-corrected chi connectivity index (χ2v) is 5.05. The fraction of sp³-hybridized carbons (Fsp3) is 0.385. The van der Waals surface area contributed by atoms with Gasteiger partial charge in [0.1, 0.15) is 0 Å². The van der Waals surface area contributed by atoms with Gasteiger partial charge in [-0.1, -0.05) is 15.9 Å². The first kappa shape index (κ1) is 15.5. The molecule has 5 nitrogen and oxygen atoms in total. The van der Waals surface area contributed by atoms with Crippen molar-refractivity contribution in [2.45, 2.75) is 26.2 Å². The van der Waals surface area contributed by atoms with Gasteiger partial charge in [0.15, 0.2) is 0 Å². The highest BCUT2D eigenvalue weighted by Crippen LogP contribution is 2.19. The number of rotatable bonds is 6. The number of carbonyl (C=O) groups excluding carboxylic acids is 1. The summed E-state index contributed by atoms with van der Waals surface area (Å²) in [4.78, 5) is 21.8. The average molecular weight is 329 g/mol. The molecule has 3 N–H and O–H groups in total. The lowest BCUT2D eigenvalue weighted by Gasteiger charge is -2.08. The van der Waals surface area contributed by atoms with Gasteiger partial charge in [-0.25, -0.2) is 4.79 Å². The van der Waals surface area contributed by atoms with E-state index in [0.717, 1.165) is 15.7 Å². The van der Waals surface area contributed by atoms with E-state index in [9.17, 15) is 9.59 Å². The van der Waals surface area contributed by atoms with Crippen molar-refractivity contribution in [2.75, 3.05) is 11.9 Å². The molecule has 0 saturated carbocycles. The number of amides is 2. The van der Waals surface area contributed by atoms with Crippen molar-refractivity contribution in [1.82, 2.24) is 5.32 Å². The molecule has 0 bridgehead atoms. The Morgan fingerprint density at radius 2 is 2.05 bits per heavy atom. The van der Waals surface area contributed by atoms with E-state index in [1.807, 2.05) is 19.1 Å². The average Bonchev–Trinajstić information content (AvgIpc) is 2.33. The van der Waals surface area contributed by atoms with Gasteiger partial charge in [-0.15, -0.1) is 0 Å². The van der Waals surface area contributed by atoms with Gasteiger partial charge in [0.05, 0.1) is 0 Å². The molecule has 1 aromatic carbocycles. The maximum absolute atomic E-state index is 11.6. The summed E-state index contributed by atoms with van der Waals surface area (Å²) >= 11 is 3.39. The lowest BCUT2D eigenvalue weighted by atomic mass is 10.2. The molecule has 6 heteroatoms. The summed E-state index contributed by atoms with van der Waals surface area (Å²) in [6.07, 6.45) is 1.35. The van der Waals surface area contributed by atoms with Gasteiger partial charge in [-0.05, 0) is 43.5 Å². The van der Waals surface area contributed by atoms with Crippen LogP contribution in [0.3, 0.4) is 0 Å². The van der Waals surface area contributed by atoms with Gasteiger partial charge in [-0.3, -0.25) is 4.79 Å². The summed E-state index contributed by atoms with van der Waals surface area (Å²) < 4.78 is 0.993. The van der Waals surface area contributed by atoms with E-state index in [-0.39, 0.29) is 12.5 Å². The number of hydrogen-bond donors (Lipinski definition) is 3.